The predicted molar refractivity (Wildman–Crippen MR) is 59.8 cm³/mol. The van der Waals surface area contributed by atoms with E-state index in [2.05, 4.69) is 12.1 Å². The molecule has 1 aliphatic rings. The highest BCUT2D eigenvalue weighted by Crippen LogP contribution is 2.12. The van der Waals surface area contributed by atoms with Crippen LogP contribution in [-0.2, 0) is 20.7 Å². The summed E-state index contributed by atoms with van der Waals surface area (Å²) in [5.41, 5.74) is 1.86. The molecule has 0 aromatic heterocycles. The second-order valence-electron chi connectivity index (χ2n) is 3.64. The maximum absolute atomic E-state index is 11.1. The molecule has 84 valence electrons. The zero-order chi connectivity index (χ0) is 11.2. The van der Waals surface area contributed by atoms with E-state index in [0.29, 0.717) is 25.2 Å². The molecule has 0 atom stereocenters. The Kier molecular flexibility index (Phi) is 3.59. The van der Waals surface area contributed by atoms with Crippen LogP contribution in [0.2, 0.25) is 0 Å². The van der Waals surface area contributed by atoms with Gasteiger partial charge in [0.1, 0.15) is 0 Å². The molecule has 1 aliphatic heterocycles. The molecule has 0 N–H and O–H groups in total. The fraction of sp³-hybridized carbons (Fsp3) is 0.308. The number of cyclic esters (lactones) is 1. The summed E-state index contributed by atoms with van der Waals surface area (Å²) < 4.78 is 10.1. The standard InChI is InChI=1S/C13H14O3/c14-13-12(7-9-16-13)10-15-8-6-11-4-2-1-3-5-11/h1-5,10H,6-9H2. The predicted octanol–water partition coefficient (Wildman–Crippen LogP) is 2.08. The van der Waals surface area contributed by atoms with Crippen LogP contribution in [0.4, 0.5) is 0 Å². The Labute approximate surface area is 94.7 Å². The van der Waals surface area contributed by atoms with Gasteiger partial charge in [0, 0.05) is 12.8 Å². The van der Waals surface area contributed by atoms with Gasteiger partial charge >= 0.3 is 5.97 Å². The topological polar surface area (TPSA) is 35.5 Å². The van der Waals surface area contributed by atoms with Crippen molar-refractivity contribution in [2.24, 2.45) is 0 Å². The van der Waals surface area contributed by atoms with Crippen molar-refractivity contribution in [3.05, 3.63) is 47.7 Å². The number of carbonyl (C=O) groups excluding carboxylic acids is 1. The van der Waals surface area contributed by atoms with Crippen LogP contribution in [-0.4, -0.2) is 19.2 Å². The third-order valence-electron chi connectivity index (χ3n) is 2.44. The van der Waals surface area contributed by atoms with Crippen LogP contribution in [0, 0.1) is 0 Å². The number of hydrogen-bond donors (Lipinski definition) is 0. The van der Waals surface area contributed by atoms with E-state index in [-0.39, 0.29) is 5.97 Å². The molecule has 0 amide bonds. The average Bonchev–Trinajstić information content (AvgIpc) is 2.72. The van der Waals surface area contributed by atoms with E-state index in [1.54, 1.807) is 0 Å². The number of rotatable bonds is 4. The zero-order valence-electron chi connectivity index (χ0n) is 9.02. The van der Waals surface area contributed by atoms with Crippen LogP contribution in [0.15, 0.2) is 42.2 Å². The third-order valence-corrected chi connectivity index (χ3v) is 2.44. The van der Waals surface area contributed by atoms with Crippen LogP contribution in [0.3, 0.4) is 0 Å². The third kappa shape index (κ3) is 2.86. The van der Waals surface area contributed by atoms with Gasteiger partial charge in [-0.2, -0.15) is 0 Å². The van der Waals surface area contributed by atoms with Crippen molar-refractivity contribution in [1.29, 1.82) is 0 Å². The second-order valence-corrected chi connectivity index (χ2v) is 3.64. The average molecular weight is 218 g/mol. The first kappa shape index (κ1) is 10.7. The Hall–Kier alpha value is -1.77. The summed E-state index contributed by atoms with van der Waals surface area (Å²) >= 11 is 0. The second kappa shape index (κ2) is 5.35. The van der Waals surface area contributed by atoms with Crippen molar-refractivity contribution in [2.45, 2.75) is 12.8 Å². The minimum absolute atomic E-state index is 0.250. The van der Waals surface area contributed by atoms with Crippen molar-refractivity contribution >= 4 is 5.97 Å². The maximum Gasteiger partial charge on any atom is 0.337 e. The number of hydrogen-bond acceptors (Lipinski definition) is 3. The molecule has 1 fully saturated rings. The molecule has 0 aliphatic carbocycles. The highest BCUT2D eigenvalue weighted by Gasteiger charge is 2.18. The lowest BCUT2D eigenvalue weighted by Crippen LogP contribution is -1.98. The molecule has 0 bridgehead atoms. The molecular weight excluding hydrogens is 204 g/mol. The van der Waals surface area contributed by atoms with E-state index in [4.69, 9.17) is 9.47 Å². The molecule has 0 radical (unpaired) electrons. The van der Waals surface area contributed by atoms with Crippen LogP contribution < -0.4 is 0 Å². The number of carbonyl (C=O) groups is 1. The summed E-state index contributed by atoms with van der Waals surface area (Å²) in [5, 5.41) is 0. The minimum Gasteiger partial charge on any atom is -0.500 e. The lowest BCUT2D eigenvalue weighted by atomic mass is 10.2. The Morgan fingerprint density at radius 2 is 2.12 bits per heavy atom. The molecule has 0 spiro atoms. The van der Waals surface area contributed by atoms with E-state index >= 15 is 0 Å². The van der Waals surface area contributed by atoms with E-state index in [0.717, 1.165) is 6.42 Å². The number of esters is 1. The van der Waals surface area contributed by atoms with Gasteiger partial charge in [0.05, 0.1) is 25.0 Å². The lowest BCUT2D eigenvalue weighted by Gasteiger charge is -2.01. The summed E-state index contributed by atoms with van der Waals surface area (Å²) in [5.74, 6) is -0.250. The van der Waals surface area contributed by atoms with Gasteiger partial charge in [-0.05, 0) is 5.56 Å². The first-order chi connectivity index (χ1) is 7.86. The highest BCUT2D eigenvalue weighted by atomic mass is 16.5. The van der Waals surface area contributed by atoms with E-state index in [1.807, 2.05) is 18.2 Å². The van der Waals surface area contributed by atoms with Gasteiger partial charge in [0.2, 0.25) is 0 Å². The van der Waals surface area contributed by atoms with Crippen molar-refractivity contribution in [3.8, 4) is 0 Å². The van der Waals surface area contributed by atoms with Gasteiger partial charge in [-0.25, -0.2) is 4.79 Å². The Bertz CT molecular complexity index is 381. The molecule has 3 heteroatoms. The number of benzene rings is 1. The first-order valence-electron chi connectivity index (χ1n) is 5.38. The van der Waals surface area contributed by atoms with E-state index in [9.17, 15) is 4.79 Å². The highest BCUT2D eigenvalue weighted by molar-refractivity contribution is 5.89. The van der Waals surface area contributed by atoms with Gasteiger partial charge < -0.3 is 9.47 Å². The van der Waals surface area contributed by atoms with Crippen molar-refractivity contribution in [2.75, 3.05) is 13.2 Å². The van der Waals surface area contributed by atoms with Gasteiger partial charge in [0.15, 0.2) is 0 Å². The van der Waals surface area contributed by atoms with Crippen LogP contribution in [0.5, 0.6) is 0 Å². The van der Waals surface area contributed by atoms with Gasteiger partial charge in [-0.1, -0.05) is 30.3 Å². The lowest BCUT2D eigenvalue weighted by molar-refractivity contribution is -0.135. The Morgan fingerprint density at radius 3 is 2.81 bits per heavy atom. The molecule has 0 unspecified atom stereocenters. The monoisotopic (exact) mass is 218 g/mol. The molecular formula is C13H14O3. The summed E-state index contributed by atoms with van der Waals surface area (Å²) in [4.78, 5) is 11.1. The molecule has 3 nitrogen and oxygen atoms in total. The fourth-order valence-electron chi connectivity index (χ4n) is 1.54. The Balaban J connectivity index is 1.75. The molecule has 0 saturated carbocycles. The smallest absolute Gasteiger partial charge is 0.337 e. The summed E-state index contributed by atoms with van der Waals surface area (Å²) in [7, 11) is 0. The van der Waals surface area contributed by atoms with Gasteiger partial charge in [-0.3, -0.25) is 0 Å². The summed E-state index contributed by atoms with van der Waals surface area (Å²) in [6, 6.07) is 10.1. The largest absolute Gasteiger partial charge is 0.500 e. The summed E-state index contributed by atoms with van der Waals surface area (Å²) in [6.45, 7) is 1.06. The Morgan fingerprint density at radius 1 is 1.31 bits per heavy atom. The molecule has 16 heavy (non-hydrogen) atoms. The van der Waals surface area contributed by atoms with Gasteiger partial charge in [0.25, 0.3) is 0 Å². The molecule has 1 saturated heterocycles. The van der Waals surface area contributed by atoms with Crippen LogP contribution in [0.25, 0.3) is 0 Å². The quantitative estimate of drug-likeness (QED) is 0.336. The van der Waals surface area contributed by atoms with Crippen LogP contribution >= 0.6 is 0 Å². The van der Waals surface area contributed by atoms with Crippen molar-refractivity contribution in [1.82, 2.24) is 0 Å². The summed E-state index contributed by atoms with van der Waals surface area (Å²) in [6.07, 6.45) is 3.03. The fourth-order valence-corrected chi connectivity index (χ4v) is 1.54. The van der Waals surface area contributed by atoms with E-state index in [1.165, 1.54) is 11.8 Å². The van der Waals surface area contributed by atoms with Crippen molar-refractivity contribution in [3.63, 3.8) is 0 Å². The molecule has 1 aromatic rings. The SMILES string of the molecule is O=C1OCCC1=COCCc1ccccc1. The zero-order valence-corrected chi connectivity index (χ0v) is 9.02. The molecule has 1 aromatic carbocycles. The van der Waals surface area contributed by atoms with Crippen molar-refractivity contribution < 1.29 is 14.3 Å². The molecule has 2 rings (SSSR count). The number of ether oxygens (including phenoxy) is 2. The van der Waals surface area contributed by atoms with E-state index < -0.39 is 0 Å². The van der Waals surface area contributed by atoms with Crippen LogP contribution in [0.1, 0.15) is 12.0 Å². The first-order valence-corrected chi connectivity index (χ1v) is 5.38. The molecule has 1 heterocycles. The minimum atomic E-state index is -0.250. The normalized spacial score (nSPS) is 17.5. The maximum atomic E-state index is 11.1. The van der Waals surface area contributed by atoms with Gasteiger partial charge in [-0.15, -0.1) is 0 Å².